The standard InChI is InChI=1S/C13H12BrClFNS/c1-17-13(6-10-4-8(14)7-18-10)11-5-9(15)2-3-12(11)16/h2-5,7,13,17H,6H2,1H3. The largest absolute Gasteiger partial charge is 0.313 e. The van der Waals surface area contributed by atoms with E-state index < -0.39 is 0 Å². The van der Waals surface area contributed by atoms with Gasteiger partial charge in [0.05, 0.1) is 0 Å². The molecular formula is C13H12BrClFNS. The zero-order valence-electron chi connectivity index (χ0n) is 9.71. The maximum absolute atomic E-state index is 13.8. The summed E-state index contributed by atoms with van der Waals surface area (Å²) in [6, 6.07) is 6.63. The molecule has 0 bridgehead atoms. The van der Waals surface area contributed by atoms with E-state index in [2.05, 4.69) is 27.3 Å². The second-order valence-electron chi connectivity index (χ2n) is 3.94. The van der Waals surface area contributed by atoms with Crippen LogP contribution in [0.1, 0.15) is 16.5 Å². The Hall–Kier alpha value is -0.420. The number of rotatable bonds is 4. The molecule has 2 aromatic rings. The monoisotopic (exact) mass is 347 g/mol. The van der Waals surface area contributed by atoms with Gasteiger partial charge in [-0.2, -0.15) is 0 Å². The maximum atomic E-state index is 13.8. The highest BCUT2D eigenvalue weighted by Crippen LogP contribution is 2.28. The molecule has 1 aromatic carbocycles. The Morgan fingerprint density at radius 1 is 1.44 bits per heavy atom. The van der Waals surface area contributed by atoms with Crippen LogP contribution in [0, 0.1) is 5.82 Å². The van der Waals surface area contributed by atoms with Crippen LogP contribution in [0.4, 0.5) is 4.39 Å². The molecule has 0 saturated heterocycles. The summed E-state index contributed by atoms with van der Waals surface area (Å²) in [4.78, 5) is 1.20. The predicted molar refractivity (Wildman–Crippen MR) is 78.9 cm³/mol. The van der Waals surface area contributed by atoms with Crippen LogP contribution in [0.15, 0.2) is 34.1 Å². The number of hydrogen-bond donors (Lipinski definition) is 1. The van der Waals surface area contributed by atoms with E-state index in [-0.39, 0.29) is 11.9 Å². The van der Waals surface area contributed by atoms with Crippen molar-refractivity contribution in [3.8, 4) is 0 Å². The SMILES string of the molecule is CNC(Cc1cc(Br)cs1)c1cc(Cl)ccc1F. The van der Waals surface area contributed by atoms with Gasteiger partial charge >= 0.3 is 0 Å². The molecule has 1 unspecified atom stereocenters. The van der Waals surface area contributed by atoms with Crippen molar-refractivity contribution in [2.45, 2.75) is 12.5 Å². The number of likely N-dealkylation sites (N-methyl/N-ethyl adjacent to an activating group) is 1. The average Bonchev–Trinajstić information content (AvgIpc) is 2.75. The van der Waals surface area contributed by atoms with Crippen molar-refractivity contribution in [2.75, 3.05) is 7.05 Å². The minimum atomic E-state index is -0.227. The van der Waals surface area contributed by atoms with Crippen molar-refractivity contribution >= 4 is 38.9 Å². The summed E-state index contributed by atoms with van der Waals surface area (Å²) in [5.74, 6) is -0.227. The molecule has 1 nitrogen and oxygen atoms in total. The Kier molecular flexibility index (Phi) is 4.78. The zero-order chi connectivity index (χ0) is 13.1. The molecule has 1 heterocycles. The zero-order valence-corrected chi connectivity index (χ0v) is 12.9. The number of thiophene rings is 1. The molecule has 1 atom stereocenters. The van der Waals surface area contributed by atoms with Gasteiger partial charge in [0.25, 0.3) is 0 Å². The molecule has 18 heavy (non-hydrogen) atoms. The average molecular weight is 349 g/mol. The fraction of sp³-hybridized carbons (Fsp3) is 0.231. The first-order valence-corrected chi connectivity index (χ1v) is 7.50. The molecule has 0 spiro atoms. The molecule has 0 radical (unpaired) electrons. The normalized spacial score (nSPS) is 12.7. The minimum absolute atomic E-state index is 0.0748. The first kappa shape index (κ1) is 14.0. The fourth-order valence-electron chi connectivity index (χ4n) is 1.81. The van der Waals surface area contributed by atoms with Crippen LogP contribution >= 0.6 is 38.9 Å². The van der Waals surface area contributed by atoms with Crippen LogP contribution in [0.25, 0.3) is 0 Å². The van der Waals surface area contributed by atoms with Crippen LogP contribution in [-0.2, 0) is 6.42 Å². The highest BCUT2D eigenvalue weighted by atomic mass is 79.9. The molecule has 1 aromatic heterocycles. The number of benzene rings is 1. The molecule has 0 aliphatic rings. The molecule has 1 N–H and O–H groups in total. The van der Waals surface area contributed by atoms with E-state index in [1.165, 1.54) is 10.9 Å². The van der Waals surface area contributed by atoms with E-state index in [4.69, 9.17) is 11.6 Å². The van der Waals surface area contributed by atoms with Gasteiger partial charge in [0.15, 0.2) is 0 Å². The van der Waals surface area contributed by atoms with E-state index >= 15 is 0 Å². The Balaban J connectivity index is 2.25. The summed E-state index contributed by atoms with van der Waals surface area (Å²) in [5.41, 5.74) is 0.606. The summed E-state index contributed by atoms with van der Waals surface area (Å²) in [6.07, 6.45) is 0.740. The van der Waals surface area contributed by atoms with Gasteiger partial charge in [0, 0.05) is 37.8 Å². The third kappa shape index (κ3) is 3.32. The first-order valence-electron chi connectivity index (χ1n) is 5.45. The molecule has 0 aliphatic carbocycles. The summed E-state index contributed by atoms with van der Waals surface area (Å²) in [5, 5.41) is 5.72. The third-order valence-electron chi connectivity index (χ3n) is 2.71. The second kappa shape index (κ2) is 6.15. The topological polar surface area (TPSA) is 12.0 Å². The lowest BCUT2D eigenvalue weighted by Crippen LogP contribution is -2.19. The van der Waals surface area contributed by atoms with Crippen molar-refractivity contribution in [3.63, 3.8) is 0 Å². The van der Waals surface area contributed by atoms with Crippen molar-refractivity contribution in [1.82, 2.24) is 5.32 Å². The van der Waals surface area contributed by atoms with Crippen LogP contribution < -0.4 is 5.32 Å². The highest BCUT2D eigenvalue weighted by Gasteiger charge is 2.16. The van der Waals surface area contributed by atoms with Gasteiger partial charge in [0.1, 0.15) is 5.82 Å². The van der Waals surface area contributed by atoms with Crippen molar-refractivity contribution in [1.29, 1.82) is 0 Å². The van der Waals surface area contributed by atoms with Gasteiger partial charge in [-0.3, -0.25) is 0 Å². The van der Waals surface area contributed by atoms with E-state index in [0.29, 0.717) is 10.6 Å². The molecule has 96 valence electrons. The smallest absolute Gasteiger partial charge is 0.128 e. The van der Waals surface area contributed by atoms with Gasteiger partial charge in [-0.1, -0.05) is 11.6 Å². The Bertz CT molecular complexity index is 544. The first-order chi connectivity index (χ1) is 8.60. The van der Waals surface area contributed by atoms with Crippen LogP contribution in [0.2, 0.25) is 5.02 Å². The van der Waals surface area contributed by atoms with Gasteiger partial charge in [-0.05, 0) is 47.2 Å². The molecule has 0 amide bonds. The maximum Gasteiger partial charge on any atom is 0.128 e. The van der Waals surface area contributed by atoms with Crippen LogP contribution in [0.5, 0.6) is 0 Å². The lowest BCUT2D eigenvalue weighted by Gasteiger charge is -2.16. The van der Waals surface area contributed by atoms with E-state index in [0.717, 1.165) is 10.9 Å². The lowest BCUT2D eigenvalue weighted by atomic mass is 10.0. The Morgan fingerprint density at radius 2 is 2.22 bits per heavy atom. The summed E-state index contributed by atoms with van der Waals surface area (Å²) in [7, 11) is 1.83. The van der Waals surface area contributed by atoms with Gasteiger partial charge in [0.2, 0.25) is 0 Å². The van der Waals surface area contributed by atoms with Crippen LogP contribution in [0.3, 0.4) is 0 Å². The van der Waals surface area contributed by atoms with E-state index in [9.17, 15) is 4.39 Å². The second-order valence-corrected chi connectivity index (χ2v) is 6.29. The number of hydrogen-bond acceptors (Lipinski definition) is 2. The van der Waals surface area contributed by atoms with Crippen molar-refractivity contribution < 1.29 is 4.39 Å². The molecule has 0 aliphatic heterocycles. The molecule has 0 saturated carbocycles. The fourth-order valence-corrected chi connectivity index (χ4v) is 3.49. The summed E-state index contributed by atoms with van der Waals surface area (Å²) in [6.45, 7) is 0. The molecular weight excluding hydrogens is 337 g/mol. The quantitative estimate of drug-likeness (QED) is 0.836. The predicted octanol–water partition coefficient (Wildman–Crippen LogP) is 4.81. The van der Waals surface area contributed by atoms with E-state index in [1.54, 1.807) is 23.5 Å². The molecule has 5 heteroatoms. The van der Waals surface area contributed by atoms with Gasteiger partial charge in [-0.15, -0.1) is 11.3 Å². The van der Waals surface area contributed by atoms with Crippen molar-refractivity contribution in [3.05, 3.63) is 55.4 Å². The van der Waals surface area contributed by atoms with Crippen molar-refractivity contribution in [2.24, 2.45) is 0 Å². The Labute approximate surface area is 123 Å². The number of halogens is 3. The Morgan fingerprint density at radius 3 is 2.83 bits per heavy atom. The van der Waals surface area contributed by atoms with Gasteiger partial charge in [-0.25, -0.2) is 4.39 Å². The van der Waals surface area contributed by atoms with Crippen LogP contribution in [-0.4, -0.2) is 7.05 Å². The van der Waals surface area contributed by atoms with E-state index in [1.807, 2.05) is 12.4 Å². The number of nitrogens with one attached hydrogen (secondary N) is 1. The summed E-state index contributed by atoms with van der Waals surface area (Å²) >= 11 is 11.0. The molecule has 0 fully saturated rings. The highest BCUT2D eigenvalue weighted by molar-refractivity contribution is 9.10. The minimum Gasteiger partial charge on any atom is -0.313 e. The lowest BCUT2D eigenvalue weighted by molar-refractivity contribution is 0.536. The molecule has 2 rings (SSSR count). The summed E-state index contributed by atoms with van der Waals surface area (Å²) < 4.78 is 14.9. The van der Waals surface area contributed by atoms with Gasteiger partial charge < -0.3 is 5.32 Å². The third-order valence-corrected chi connectivity index (χ3v) is 4.66.